The molecule has 0 aliphatic heterocycles. The van der Waals surface area contributed by atoms with E-state index >= 15 is 0 Å². The number of nitrogens with one attached hydrogen (secondary N) is 1. The standard InChI is InChI=1S/C16H10N4O5/c21-15-11(8-18-19-16(22)10-3-5-17-6-4-10)9-25-14-2-1-12(20(23)24)7-13(14)15/h1-9H,(H,19,22)/b18-8+. The Bertz CT molecular complexity index is 1040. The van der Waals surface area contributed by atoms with Crippen LogP contribution in [0.2, 0.25) is 0 Å². The minimum absolute atomic E-state index is 0.0445. The maximum atomic E-state index is 12.4. The summed E-state index contributed by atoms with van der Waals surface area (Å²) in [5, 5.41) is 14.6. The maximum Gasteiger partial charge on any atom is 0.271 e. The van der Waals surface area contributed by atoms with Gasteiger partial charge >= 0.3 is 0 Å². The van der Waals surface area contributed by atoms with Gasteiger partial charge < -0.3 is 4.42 Å². The molecule has 1 aromatic carbocycles. The van der Waals surface area contributed by atoms with Crippen molar-refractivity contribution in [1.29, 1.82) is 0 Å². The van der Waals surface area contributed by atoms with Gasteiger partial charge in [0.05, 0.1) is 22.1 Å². The first-order valence-electron chi connectivity index (χ1n) is 6.99. The summed E-state index contributed by atoms with van der Waals surface area (Å²) in [5.41, 5.74) is 2.17. The molecule has 0 aliphatic carbocycles. The van der Waals surface area contributed by atoms with Crippen molar-refractivity contribution in [2.45, 2.75) is 0 Å². The zero-order valence-electron chi connectivity index (χ0n) is 12.6. The molecule has 9 heteroatoms. The minimum Gasteiger partial charge on any atom is -0.463 e. The largest absolute Gasteiger partial charge is 0.463 e. The van der Waals surface area contributed by atoms with Crippen molar-refractivity contribution >= 4 is 28.8 Å². The topological polar surface area (TPSA) is 128 Å². The number of carbonyl (C=O) groups is 1. The Morgan fingerprint density at radius 2 is 2.04 bits per heavy atom. The molecule has 0 aliphatic rings. The van der Waals surface area contributed by atoms with Crippen LogP contribution in [0.15, 0.2) is 63.3 Å². The van der Waals surface area contributed by atoms with E-state index in [9.17, 15) is 19.7 Å². The van der Waals surface area contributed by atoms with E-state index < -0.39 is 16.3 Å². The number of amides is 1. The number of nitrogens with zero attached hydrogens (tertiary/aromatic N) is 3. The van der Waals surface area contributed by atoms with Gasteiger partial charge in [-0.3, -0.25) is 24.7 Å². The molecular formula is C16H10N4O5. The molecule has 0 spiro atoms. The Morgan fingerprint density at radius 1 is 1.28 bits per heavy atom. The third-order valence-electron chi connectivity index (χ3n) is 3.31. The fraction of sp³-hybridized carbons (Fsp3) is 0. The van der Waals surface area contributed by atoms with Crippen molar-refractivity contribution in [2.75, 3.05) is 0 Å². The van der Waals surface area contributed by atoms with Crippen LogP contribution >= 0.6 is 0 Å². The number of benzene rings is 1. The van der Waals surface area contributed by atoms with Gasteiger partial charge in [0.15, 0.2) is 0 Å². The predicted octanol–water partition coefficient (Wildman–Crippen LogP) is 1.86. The van der Waals surface area contributed by atoms with Gasteiger partial charge in [0.1, 0.15) is 11.8 Å². The smallest absolute Gasteiger partial charge is 0.271 e. The lowest BCUT2D eigenvalue weighted by Crippen LogP contribution is -2.18. The summed E-state index contributed by atoms with van der Waals surface area (Å²) in [7, 11) is 0. The highest BCUT2D eigenvalue weighted by Gasteiger charge is 2.11. The monoisotopic (exact) mass is 338 g/mol. The lowest BCUT2D eigenvalue weighted by atomic mass is 10.1. The predicted molar refractivity (Wildman–Crippen MR) is 88.4 cm³/mol. The first-order chi connectivity index (χ1) is 12.1. The first kappa shape index (κ1) is 16.0. The summed E-state index contributed by atoms with van der Waals surface area (Å²) in [5.74, 6) is -0.473. The zero-order chi connectivity index (χ0) is 17.8. The average molecular weight is 338 g/mol. The highest BCUT2D eigenvalue weighted by atomic mass is 16.6. The van der Waals surface area contributed by atoms with Crippen molar-refractivity contribution in [1.82, 2.24) is 10.4 Å². The molecule has 25 heavy (non-hydrogen) atoms. The fourth-order valence-corrected chi connectivity index (χ4v) is 2.07. The number of aromatic nitrogens is 1. The Balaban J connectivity index is 1.86. The highest BCUT2D eigenvalue weighted by molar-refractivity contribution is 5.95. The Hall–Kier alpha value is -3.88. The maximum absolute atomic E-state index is 12.4. The molecule has 0 saturated heterocycles. The number of hydrogen-bond acceptors (Lipinski definition) is 7. The van der Waals surface area contributed by atoms with Crippen LogP contribution in [0.4, 0.5) is 5.69 Å². The molecule has 2 heterocycles. The number of nitro benzene ring substituents is 1. The van der Waals surface area contributed by atoms with E-state index in [4.69, 9.17) is 4.42 Å². The normalized spacial score (nSPS) is 10.9. The summed E-state index contributed by atoms with van der Waals surface area (Å²) < 4.78 is 5.27. The second-order valence-electron chi connectivity index (χ2n) is 4.89. The van der Waals surface area contributed by atoms with Gasteiger partial charge in [-0.05, 0) is 18.2 Å². The molecule has 9 nitrogen and oxygen atoms in total. The van der Waals surface area contributed by atoms with Crippen LogP contribution < -0.4 is 10.9 Å². The van der Waals surface area contributed by atoms with E-state index in [0.717, 1.165) is 12.3 Å². The second-order valence-corrected chi connectivity index (χ2v) is 4.89. The Morgan fingerprint density at radius 3 is 2.76 bits per heavy atom. The van der Waals surface area contributed by atoms with Gasteiger partial charge in [0.2, 0.25) is 5.43 Å². The fourth-order valence-electron chi connectivity index (χ4n) is 2.07. The highest BCUT2D eigenvalue weighted by Crippen LogP contribution is 2.18. The van der Waals surface area contributed by atoms with Gasteiger partial charge in [0.25, 0.3) is 11.6 Å². The summed E-state index contributed by atoms with van der Waals surface area (Å²) >= 11 is 0. The number of nitro groups is 1. The number of hydrazone groups is 1. The van der Waals surface area contributed by atoms with Crippen LogP contribution in [0, 0.1) is 10.1 Å². The van der Waals surface area contributed by atoms with Gasteiger partial charge in [-0.1, -0.05) is 0 Å². The molecule has 0 fully saturated rings. The van der Waals surface area contributed by atoms with Crippen molar-refractivity contribution in [3.8, 4) is 0 Å². The van der Waals surface area contributed by atoms with Crippen molar-refractivity contribution in [2.24, 2.45) is 5.10 Å². The Labute approximate surface area is 139 Å². The van der Waals surface area contributed by atoms with Crippen molar-refractivity contribution in [3.05, 3.63) is 80.5 Å². The van der Waals surface area contributed by atoms with E-state index in [0.29, 0.717) is 5.56 Å². The lowest BCUT2D eigenvalue weighted by molar-refractivity contribution is -0.384. The number of rotatable bonds is 4. The number of non-ortho nitro benzene ring substituents is 1. The van der Waals surface area contributed by atoms with Crippen LogP contribution in [0.3, 0.4) is 0 Å². The van der Waals surface area contributed by atoms with Gasteiger partial charge in [-0.15, -0.1) is 0 Å². The zero-order valence-corrected chi connectivity index (χ0v) is 12.6. The second kappa shape index (κ2) is 6.71. The molecule has 2 aromatic heterocycles. The third kappa shape index (κ3) is 3.39. The number of pyridine rings is 1. The van der Waals surface area contributed by atoms with Gasteiger partial charge in [-0.2, -0.15) is 5.10 Å². The van der Waals surface area contributed by atoms with E-state index in [1.54, 1.807) is 0 Å². The number of fused-ring (bicyclic) bond motifs is 1. The van der Waals surface area contributed by atoms with Crippen molar-refractivity contribution < 1.29 is 14.1 Å². The average Bonchev–Trinajstić information content (AvgIpc) is 2.64. The first-order valence-corrected chi connectivity index (χ1v) is 6.99. The molecule has 0 unspecified atom stereocenters. The third-order valence-corrected chi connectivity index (χ3v) is 3.31. The Kier molecular flexibility index (Phi) is 4.29. The summed E-state index contributed by atoms with van der Waals surface area (Å²) in [6, 6.07) is 6.74. The van der Waals surface area contributed by atoms with Crippen LogP contribution in [0.25, 0.3) is 11.0 Å². The van der Waals surface area contributed by atoms with Crippen LogP contribution in [-0.4, -0.2) is 22.0 Å². The van der Waals surface area contributed by atoms with Crippen LogP contribution in [0.5, 0.6) is 0 Å². The summed E-state index contributed by atoms with van der Waals surface area (Å²) in [6.45, 7) is 0. The summed E-state index contributed by atoms with van der Waals surface area (Å²) in [4.78, 5) is 38.2. The quantitative estimate of drug-likeness (QED) is 0.439. The van der Waals surface area contributed by atoms with E-state index in [1.807, 2.05) is 0 Å². The molecule has 1 N–H and O–H groups in total. The van der Waals surface area contributed by atoms with Crippen LogP contribution in [-0.2, 0) is 0 Å². The molecule has 3 rings (SSSR count). The van der Waals surface area contributed by atoms with Crippen LogP contribution in [0.1, 0.15) is 15.9 Å². The molecule has 0 atom stereocenters. The summed E-state index contributed by atoms with van der Waals surface area (Å²) in [6.07, 6.45) is 5.20. The van der Waals surface area contributed by atoms with E-state index in [2.05, 4.69) is 15.5 Å². The molecule has 124 valence electrons. The molecule has 1 amide bonds. The molecule has 0 radical (unpaired) electrons. The van der Waals surface area contributed by atoms with Gasteiger partial charge in [0, 0.05) is 30.1 Å². The number of carbonyl (C=O) groups excluding carboxylic acids is 1. The molecule has 0 bridgehead atoms. The number of hydrogen-bond donors (Lipinski definition) is 1. The molecule has 3 aromatic rings. The lowest BCUT2D eigenvalue weighted by Gasteiger charge is -2.00. The molecular weight excluding hydrogens is 328 g/mol. The molecule has 0 saturated carbocycles. The van der Waals surface area contributed by atoms with Crippen molar-refractivity contribution in [3.63, 3.8) is 0 Å². The SMILES string of the molecule is O=C(N/N=C/c1coc2ccc([N+](=O)[O-])cc2c1=O)c1ccncc1. The van der Waals surface area contributed by atoms with E-state index in [-0.39, 0.29) is 22.2 Å². The van der Waals surface area contributed by atoms with Gasteiger partial charge in [-0.25, -0.2) is 5.43 Å². The minimum atomic E-state index is -0.603. The van der Waals surface area contributed by atoms with E-state index in [1.165, 1.54) is 42.9 Å².